The molecule has 4 heterocycles. The number of pyridine rings is 2. The molecule has 0 atom stereocenters. The predicted molar refractivity (Wildman–Crippen MR) is 160 cm³/mol. The first-order valence-corrected chi connectivity index (χ1v) is 13.2. The van der Waals surface area contributed by atoms with Crippen LogP contribution < -0.4 is 0 Å². The summed E-state index contributed by atoms with van der Waals surface area (Å²) in [5.74, 6) is 0.887. The number of benzene rings is 3. The van der Waals surface area contributed by atoms with Crippen molar-refractivity contribution in [1.82, 2.24) is 19.4 Å². The van der Waals surface area contributed by atoms with Gasteiger partial charge in [-0.2, -0.15) is 0 Å². The summed E-state index contributed by atoms with van der Waals surface area (Å²) in [5, 5.41) is 0. The number of hydrogen-bond acceptors (Lipinski definition) is 4. The minimum absolute atomic E-state index is 0. The SMILES string of the molecule is CC(C)(C)c1nc(-c2ccccc2)n2c1oc1c(-c3ccccn3)[c-]ccc12.[Ir].[c-]1ccccc1-c1ccccn1. The van der Waals surface area contributed by atoms with Gasteiger partial charge in [-0.15, -0.1) is 54.1 Å². The van der Waals surface area contributed by atoms with Crippen LogP contribution >= 0.6 is 0 Å². The Kier molecular flexibility index (Phi) is 8.25. The van der Waals surface area contributed by atoms with Gasteiger partial charge in [-0.05, 0) is 23.5 Å². The van der Waals surface area contributed by atoms with E-state index in [4.69, 9.17) is 9.40 Å². The number of rotatable bonds is 3. The number of nitrogens with zero attached hydrogens (tertiary/aromatic N) is 4. The second kappa shape index (κ2) is 12.0. The molecule has 7 rings (SSSR count). The Balaban J connectivity index is 0.000000218. The molecule has 0 N–H and O–H groups in total. The predicted octanol–water partition coefficient (Wildman–Crippen LogP) is 8.45. The number of oxazole rings is 1. The van der Waals surface area contributed by atoms with Gasteiger partial charge in [-0.25, -0.2) is 4.98 Å². The molecule has 1 radical (unpaired) electrons. The standard InChI is InChI=1S/C24H20N3O.C11H8N.Ir/c1-24(2,3)21-23-27(22(26-21)16-10-5-4-6-11-16)19-14-9-12-17(20(19)28-23)18-13-7-8-15-25-18;1-2-6-10(7-3-1)11-8-4-5-9-12-11;/h4-11,13-15H,1-3H3;1-6,8-9H;/q2*-1;. The van der Waals surface area contributed by atoms with E-state index in [2.05, 4.69) is 59.4 Å². The number of imidazole rings is 1. The average molecular weight is 713 g/mol. The van der Waals surface area contributed by atoms with E-state index in [0.717, 1.165) is 56.4 Å². The van der Waals surface area contributed by atoms with Gasteiger partial charge in [0.2, 0.25) is 5.71 Å². The van der Waals surface area contributed by atoms with Crippen LogP contribution in [0.25, 0.3) is 50.7 Å². The Hall–Kier alpha value is -4.38. The summed E-state index contributed by atoms with van der Waals surface area (Å²) in [6, 6.07) is 40.2. The van der Waals surface area contributed by atoms with Crippen molar-refractivity contribution in [3.05, 3.63) is 133 Å². The average Bonchev–Trinajstić information content (AvgIpc) is 3.57. The summed E-state index contributed by atoms with van der Waals surface area (Å²) < 4.78 is 8.54. The Morgan fingerprint density at radius 3 is 2.02 bits per heavy atom. The topological polar surface area (TPSA) is 56.2 Å². The monoisotopic (exact) mass is 713 g/mol. The van der Waals surface area contributed by atoms with Gasteiger partial charge >= 0.3 is 0 Å². The van der Waals surface area contributed by atoms with Crippen molar-refractivity contribution in [3.63, 3.8) is 0 Å². The minimum atomic E-state index is -0.152. The Morgan fingerprint density at radius 1 is 0.707 bits per heavy atom. The number of hydrogen-bond donors (Lipinski definition) is 0. The zero-order valence-corrected chi connectivity index (χ0v) is 25.4. The molecule has 0 spiro atoms. The molecule has 0 amide bonds. The largest absolute Gasteiger partial charge is 0.484 e. The minimum Gasteiger partial charge on any atom is -0.484 e. The first-order valence-electron chi connectivity index (χ1n) is 13.2. The van der Waals surface area contributed by atoms with E-state index in [1.807, 2.05) is 91.0 Å². The van der Waals surface area contributed by atoms with E-state index in [1.54, 1.807) is 12.4 Å². The molecule has 41 heavy (non-hydrogen) atoms. The second-order valence-corrected chi connectivity index (χ2v) is 10.4. The molecule has 0 aliphatic rings. The summed E-state index contributed by atoms with van der Waals surface area (Å²) >= 11 is 0. The van der Waals surface area contributed by atoms with Gasteiger partial charge in [0.15, 0.2) is 0 Å². The van der Waals surface area contributed by atoms with Crippen LogP contribution in [0.4, 0.5) is 0 Å². The van der Waals surface area contributed by atoms with E-state index in [0.29, 0.717) is 0 Å². The maximum Gasteiger partial charge on any atom is 0.217 e. The first kappa shape index (κ1) is 28.2. The van der Waals surface area contributed by atoms with Crippen LogP contribution in [0.5, 0.6) is 0 Å². The molecule has 205 valence electrons. The molecule has 4 aromatic heterocycles. The molecular weight excluding hydrogens is 685 g/mol. The van der Waals surface area contributed by atoms with E-state index in [9.17, 15) is 0 Å². The smallest absolute Gasteiger partial charge is 0.217 e. The normalized spacial score (nSPS) is 11.1. The van der Waals surface area contributed by atoms with Crippen LogP contribution in [-0.2, 0) is 25.5 Å². The van der Waals surface area contributed by atoms with Crippen molar-refractivity contribution in [2.45, 2.75) is 26.2 Å². The molecule has 3 aromatic carbocycles. The fraction of sp³-hybridized carbons (Fsp3) is 0.114. The van der Waals surface area contributed by atoms with Gasteiger partial charge in [0.05, 0.1) is 5.58 Å². The van der Waals surface area contributed by atoms with Crippen molar-refractivity contribution in [2.24, 2.45) is 0 Å². The first-order chi connectivity index (χ1) is 19.5. The van der Waals surface area contributed by atoms with Crippen molar-refractivity contribution in [1.29, 1.82) is 0 Å². The third-order valence-electron chi connectivity index (χ3n) is 6.52. The summed E-state index contributed by atoms with van der Waals surface area (Å²) in [5.41, 5.74) is 8.09. The van der Waals surface area contributed by atoms with E-state index in [1.165, 1.54) is 0 Å². The zero-order chi connectivity index (χ0) is 27.5. The molecule has 0 aliphatic heterocycles. The third-order valence-corrected chi connectivity index (χ3v) is 6.52. The molecule has 0 fully saturated rings. The zero-order valence-electron chi connectivity index (χ0n) is 23.0. The summed E-state index contributed by atoms with van der Waals surface area (Å²) in [4.78, 5) is 13.7. The maximum atomic E-state index is 6.43. The molecule has 0 bridgehead atoms. The van der Waals surface area contributed by atoms with E-state index < -0.39 is 0 Å². The Labute approximate surface area is 253 Å². The third kappa shape index (κ3) is 5.76. The van der Waals surface area contributed by atoms with Crippen LogP contribution in [0.1, 0.15) is 26.5 Å². The van der Waals surface area contributed by atoms with Gasteiger partial charge in [-0.3, -0.25) is 4.40 Å². The van der Waals surface area contributed by atoms with Gasteiger partial charge in [0.25, 0.3) is 0 Å². The van der Waals surface area contributed by atoms with Crippen LogP contribution in [0.2, 0.25) is 0 Å². The maximum absolute atomic E-state index is 6.43. The van der Waals surface area contributed by atoms with Gasteiger partial charge in [0, 0.05) is 49.0 Å². The molecule has 0 saturated carbocycles. The van der Waals surface area contributed by atoms with Gasteiger partial charge < -0.3 is 14.4 Å². The van der Waals surface area contributed by atoms with Crippen LogP contribution in [0.15, 0.2) is 120 Å². The van der Waals surface area contributed by atoms with Crippen LogP contribution in [0, 0.1) is 12.1 Å². The number of fused-ring (bicyclic) bond motifs is 3. The van der Waals surface area contributed by atoms with Crippen LogP contribution in [0.3, 0.4) is 0 Å². The van der Waals surface area contributed by atoms with Crippen molar-refractivity contribution >= 4 is 16.8 Å². The number of aromatic nitrogens is 4. The molecule has 0 aliphatic carbocycles. The quantitative estimate of drug-likeness (QED) is 0.173. The molecular formula is C35H28IrN4O-2. The van der Waals surface area contributed by atoms with E-state index in [-0.39, 0.29) is 25.5 Å². The van der Waals surface area contributed by atoms with Gasteiger partial charge in [0.1, 0.15) is 11.5 Å². The molecule has 0 saturated heterocycles. The van der Waals surface area contributed by atoms with E-state index >= 15 is 0 Å². The van der Waals surface area contributed by atoms with Crippen molar-refractivity contribution in [3.8, 4) is 33.9 Å². The molecule has 5 nitrogen and oxygen atoms in total. The van der Waals surface area contributed by atoms with Crippen molar-refractivity contribution in [2.75, 3.05) is 0 Å². The van der Waals surface area contributed by atoms with Crippen LogP contribution in [-0.4, -0.2) is 19.4 Å². The van der Waals surface area contributed by atoms with Crippen molar-refractivity contribution < 1.29 is 24.5 Å². The molecule has 6 heteroatoms. The summed E-state index contributed by atoms with van der Waals surface area (Å²) in [7, 11) is 0. The fourth-order valence-corrected chi connectivity index (χ4v) is 4.62. The Bertz CT molecular complexity index is 1820. The summed E-state index contributed by atoms with van der Waals surface area (Å²) in [6.07, 6.45) is 3.57. The summed E-state index contributed by atoms with van der Waals surface area (Å²) in [6.45, 7) is 6.47. The molecule has 7 aromatic rings. The second-order valence-electron chi connectivity index (χ2n) is 10.4. The molecule has 0 unspecified atom stereocenters. The van der Waals surface area contributed by atoms with Gasteiger partial charge in [-0.1, -0.05) is 80.9 Å². The fourth-order valence-electron chi connectivity index (χ4n) is 4.62. The Morgan fingerprint density at radius 2 is 1.39 bits per heavy atom.